The van der Waals surface area contributed by atoms with Crippen molar-refractivity contribution in [3.05, 3.63) is 17.3 Å². The van der Waals surface area contributed by atoms with Crippen LogP contribution in [0.25, 0.3) is 0 Å². The molecule has 0 aromatic carbocycles. The molecule has 1 aromatic heterocycles. The van der Waals surface area contributed by atoms with E-state index in [9.17, 15) is 0 Å². The molecule has 0 spiro atoms. The van der Waals surface area contributed by atoms with E-state index in [2.05, 4.69) is 16.0 Å². The van der Waals surface area contributed by atoms with Gasteiger partial charge in [-0.15, -0.1) is 0 Å². The molecule has 1 aliphatic rings. The minimum atomic E-state index is -0.328. The first-order chi connectivity index (χ1) is 7.69. The standard InChI is InChI=1S/C11H15N3O2/c1-8-9(2)16-11(13-8)7-14-3-4-15-10(5-12)6-14/h10H,3-4,6-7H2,1-2H3. The van der Waals surface area contributed by atoms with Crippen LogP contribution in [0.4, 0.5) is 0 Å². The van der Waals surface area contributed by atoms with Gasteiger partial charge in [0.05, 0.1) is 24.9 Å². The molecule has 16 heavy (non-hydrogen) atoms. The monoisotopic (exact) mass is 221 g/mol. The highest BCUT2D eigenvalue weighted by Gasteiger charge is 2.21. The van der Waals surface area contributed by atoms with Gasteiger partial charge in [0.25, 0.3) is 0 Å². The van der Waals surface area contributed by atoms with Crippen LogP contribution in [0, 0.1) is 25.2 Å². The molecule has 1 fully saturated rings. The van der Waals surface area contributed by atoms with E-state index >= 15 is 0 Å². The average Bonchev–Trinajstić information content (AvgIpc) is 2.58. The Bertz CT molecular complexity index is 388. The Balaban J connectivity index is 1.97. The summed E-state index contributed by atoms with van der Waals surface area (Å²) < 4.78 is 10.8. The van der Waals surface area contributed by atoms with Crippen molar-refractivity contribution in [3.63, 3.8) is 0 Å². The number of ether oxygens (including phenoxy) is 1. The third-order valence-electron chi connectivity index (χ3n) is 2.73. The number of rotatable bonds is 2. The van der Waals surface area contributed by atoms with Gasteiger partial charge in [0.15, 0.2) is 6.10 Å². The molecule has 86 valence electrons. The largest absolute Gasteiger partial charge is 0.444 e. The highest BCUT2D eigenvalue weighted by molar-refractivity contribution is 5.05. The van der Waals surface area contributed by atoms with Crippen LogP contribution in [0.2, 0.25) is 0 Å². The second-order valence-corrected chi connectivity index (χ2v) is 3.97. The highest BCUT2D eigenvalue weighted by atomic mass is 16.5. The second-order valence-electron chi connectivity index (χ2n) is 3.97. The van der Waals surface area contributed by atoms with Crippen LogP contribution in [0.15, 0.2) is 4.42 Å². The number of hydrogen-bond acceptors (Lipinski definition) is 5. The van der Waals surface area contributed by atoms with Gasteiger partial charge < -0.3 is 9.15 Å². The quantitative estimate of drug-likeness (QED) is 0.746. The number of aryl methyl sites for hydroxylation is 2. The molecule has 0 N–H and O–H groups in total. The zero-order chi connectivity index (χ0) is 11.5. The number of aromatic nitrogens is 1. The fraction of sp³-hybridized carbons (Fsp3) is 0.636. The summed E-state index contributed by atoms with van der Waals surface area (Å²) in [4.78, 5) is 6.45. The second kappa shape index (κ2) is 4.64. The van der Waals surface area contributed by atoms with Crippen LogP contribution in [0.1, 0.15) is 17.3 Å². The van der Waals surface area contributed by atoms with Crippen molar-refractivity contribution >= 4 is 0 Å². The third kappa shape index (κ3) is 2.40. The smallest absolute Gasteiger partial charge is 0.208 e. The number of nitrogens with zero attached hydrogens (tertiary/aromatic N) is 3. The van der Waals surface area contributed by atoms with E-state index in [1.807, 2.05) is 13.8 Å². The van der Waals surface area contributed by atoms with Crippen LogP contribution >= 0.6 is 0 Å². The molecule has 5 heteroatoms. The summed E-state index contributed by atoms with van der Waals surface area (Å²) >= 11 is 0. The van der Waals surface area contributed by atoms with E-state index < -0.39 is 0 Å². The van der Waals surface area contributed by atoms with Gasteiger partial charge in [0.1, 0.15) is 5.76 Å². The van der Waals surface area contributed by atoms with Crippen LogP contribution in [0.5, 0.6) is 0 Å². The van der Waals surface area contributed by atoms with Crippen LogP contribution < -0.4 is 0 Å². The number of nitriles is 1. The molecule has 2 rings (SSSR count). The molecule has 0 radical (unpaired) electrons. The molecule has 0 bridgehead atoms. The highest BCUT2D eigenvalue weighted by Crippen LogP contribution is 2.13. The average molecular weight is 221 g/mol. The SMILES string of the molecule is Cc1nc(CN2CCOC(C#N)C2)oc1C. The number of morpholine rings is 1. The molecule has 1 unspecified atom stereocenters. The van der Waals surface area contributed by atoms with Crippen molar-refractivity contribution in [3.8, 4) is 6.07 Å². The first kappa shape index (κ1) is 11.1. The Morgan fingerprint density at radius 1 is 1.56 bits per heavy atom. The lowest BCUT2D eigenvalue weighted by Gasteiger charge is -2.28. The van der Waals surface area contributed by atoms with E-state index in [-0.39, 0.29) is 6.10 Å². The molecule has 0 aliphatic carbocycles. The van der Waals surface area contributed by atoms with Crippen molar-refractivity contribution in [2.75, 3.05) is 19.7 Å². The van der Waals surface area contributed by atoms with Gasteiger partial charge in [0, 0.05) is 13.1 Å². The lowest BCUT2D eigenvalue weighted by molar-refractivity contribution is -0.00552. The zero-order valence-corrected chi connectivity index (χ0v) is 9.56. The molecule has 1 aliphatic heterocycles. The normalized spacial score (nSPS) is 21.9. The van der Waals surface area contributed by atoms with Gasteiger partial charge in [-0.05, 0) is 13.8 Å². The Hall–Kier alpha value is -1.38. The van der Waals surface area contributed by atoms with E-state index in [0.717, 1.165) is 18.0 Å². The predicted octanol–water partition coefficient (Wildman–Crippen LogP) is 1.02. The van der Waals surface area contributed by atoms with Crippen molar-refractivity contribution in [2.45, 2.75) is 26.5 Å². The molecule has 1 aromatic rings. The fourth-order valence-corrected chi connectivity index (χ4v) is 1.72. The van der Waals surface area contributed by atoms with Gasteiger partial charge in [-0.1, -0.05) is 0 Å². The first-order valence-corrected chi connectivity index (χ1v) is 5.35. The van der Waals surface area contributed by atoms with Crippen molar-refractivity contribution in [2.24, 2.45) is 0 Å². The summed E-state index contributed by atoms with van der Waals surface area (Å²) in [7, 11) is 0. The number of hydrogen-bond donors (Lipinski definition) is 0. The molecule has 5 nitrogen and oxygen atoms in total. The van der Waals surface area contributed by atoms with Gasteiger partial charge in [-0.3, -0.25) is 4.90 Å². The molecule has 1 saturated heterocycles. The van der Waals surface area contributed by atoms with E-state index in [1.165, 1.54) is 0 Å². The van der Waals surface area contributed by atoms with Crippen molar-refractivity contribution in [1.82, 2.24) is 9.88 Å². The Labute approximate surface area is 94.6 Å². The molecular weight excluding hydrogens is 206 g/mol. The van der Waals surface area contributed by atoms with Gasteiger partial charge >= 0.3 is 0 Å². The summed E-state index contributed by atoms with van der Waals surface area (Å²) in [5.74, 6) is 1.58. The summed E-state index contributed by atoms with van der Waals surface area (Å²) in [6.45, 7) is 6.52. The minimum absolute atomic E-state index is 0.328. The molecule has 0 amide bonds. The summed E-state index contributed by atoms with van der Waals surface area (Å²) in [5, 5.41) is 8.78. The van der Waals surface area contributed by atoms with Gasteiger partial charge in [-0.25, -0.2) is 4.98 Å². The maximum absolute atomic E-state index is 8.78. The van der Waals surface area contributed by atoms with Crippen LogP contribution in [-0.2, 0) is 11.3 Å². The lowest BCUT2D eigenvalue weighted by atomic mass is 10.3. The zero-order valence-electron chi connectivity index (χ0n) is 9.56. The van der Waals surface area contributed by atoms with E-state index in [4.69, 9.17) is 14.4 Å². The molecular formula is C11H15N3O2. The molecule has 2 heterocycles. The van der Waals surface area contributed by atoms with E-state index in [0.29, 0.717) is 25.6 Å². The van der Waals surface area contributed by atoms with Crippen LogP contribution in [-0.4, -0.2) is 35.7 Å². The van der Waals surface area contributed by atoms with Gasteiger partial charge in [-0.2, -0.15) is 5.26 Å². The Morgan fingerprint density at radius 2 is 2.38 bits per heavy atom. The molecule has 1 atom stereocenters. The Kier molecular flexibility index (Phi) is 3.22. The lowest BCUT2D eigenvalue weighted by Crippen LogP contribution is -2.41. The van der Waals surface area contributed by atoms with Crippen molar-refractivity contribution < 1.29 is 9.15 Å². The van der Waals surface area contributed by atoms with Crippen LogP contribution in [0.3, 0.4) is 0 Å². The first-order valence-electron chi connectivity index (χ1n) is 5.35. The maximum Gasteiger partial charge on any atom is 0.208 e. The van der Waals surface area contributed by atoms with Gasteiger partial charge in [0.2, 0.25) is 5.89 Å². The summed E-state index contributed by atoms with van der Waals surface area (Å²) in [5.41, 5.74) is 0.931. The molecule has 0 saturated carbocycles. The maximum atomic E-state index is 8.78. The summed E-state index contributed by atoms with van der Waals surface area (Å²) in [6.07, 6.45) is -0.328. The van der Waals surface area contributed by atoms with E-state index in [1.54, 1.807) is 0 Å². The third-order valence-corrected chi connectivity index (χ3v) is 2.73. The number of oxazole rings is 1. The van der Waals surface area contributed by atoms with Crippen molar-refractivity contribution in [1.29, 1.82) is 5.26 Å². The predicted molar refractivity (Wildman–Crippen MR) is 56.6 cm³/mol. The Morgan fingerprint density at radius 3 is 3.00 bits per heavy atom. The topological polar surface area (TPSA) is 62.3 Å². The summed E-state index contributed by atoms with van der Waals surface area (Å²) in [6, 6.07) is 2.12. The minimum Gasteiger partial charge on any atom is -0.444 e. The fourth-order valence-electron chi connectivity index (χ4n) is 1.72.